The summed E-state index contributed by atoms with van der Waals surface area (Å²) in [5.74, 6) is 1.52. The maximum Gasteiger partial charge on any atom is 0.0614 e. The van der Waals surface area contributed by atoms with Crippen LogP contribution in [0.15, 0.2) is 18.2 Å². The molecule has 0 amide bonds. The molecular weight excluding hydrogens is 220 g/mol. The van der Waals surface area contributed by atoms with Crippen LogP contribution in [-0.2, 0) is 0 Å². The monoisotopic (exact) mass is 238 g/mol. The summed E-state index contributed by atoms with van der Waals surface area (Å²) in [6, 6.07) is 5.70. The number of hydrogen-bond donors (Lipinski definition) is 1. The lowest BCUT2D eigenvalue weighted by Gasteiger charge is -2.21. The fourth-order valence-electron chi connectivity index (χ4n) is 2.34. The van der Waals surface area contributed by atoms with E-state index in [9.17, 15) is 0 Å². The topological polar surface area (TPSA) is 29.3 Å². The molecular formula is C13H19ClN2. The van der Waals surface area contributed by atoms with Crippen molar-refractivity contribution in [1.82, 2.24) is 0 Å². The van der Waals surface area contributed by atoms with E-state index in [-0.39, 0.29) is 0 Å². The van der Waals surface area contributed by atoms with Crippen LogP contribution in [0.5, 0.6) is 0 Å². The van der Waals surface area contributed by atoms with Gasteiger partial charge in [-0.2, -0.15) is 0 Å². The zero-order valence-electron chi connectivity index (χ0n) is 9.91. The largest absolute Gasteiger partial charge is 0.397 e. The summed E-state index contributed by atoms with van der Waals surface area (Å²) in [4.78, 5) is 2.35. The van der Waals surface area contributed by atoms with E-state index < -0.39 is 0 Å². The lowest BCUT2D eigenvalue weighted by molar-refractivity contribution is 0.423. The third-order valence-corrected chi connectivity index (χ3v) is 3.74. The highest BCUT2D eigenvalue weighted by Crippen LogP contribution is 2.33. The first-order chi connectivity index (χ1) is 7.58. The van der Waals surface area contributed by atoms with Gasteiger partial charge in [0.15, 0.2) is 0 Å². The van der Waals surface area contributed by atoms with E-state index in [0.717, 1.165) is 41.3 Å². The van der Waals surface area contributed by atoms with E-state index in [1.807, 2.05) is 18.2 Å². The zero-order valence-corrected chi connectivity index (χ0v) is 10.7. The fourth-order valence-corrected chi connectivity index (χ4v) is 2.51. The Morgan fingerprint density at radius 2 is 2.19 bits per heavy atom. The Bertz CT molecular complexity index is 376. The number of benzene rings is 1. The molecule has 3 heteroatoms. The molecule has 0 radical (unpaired) electrons. The SMILES string of the molecule is CC(C)C1CCN(c2cc(Cl)ccc2N)C1. The van der Waals surface area contributed by atoms with Gasteiger partial charge in [-0.25, -0.2) is 0 Å². The highest BCUT2D eigenvalue weighted by Gasteiger charge is 2.25. The van der Waals surface area contributed by atoms with Crippen LogP contribution in [0, 0.1) is 11.8 Å². The Balaban J connectivity index is 2.17. The molecule has 1 aromatic carbocycles. The summed E-state index contributed by atoms with van der Waals surface area (Å²) in [6.07, 6.45) is 1.25. The van der Waals surface area contributed by atoms with Crippen molar-refractivity contribution < 1.29 is 0 Å². The van der Waals surface area contributed by atoms with Gasteiger partial charge in [0.2, 0.25) is 0 Å². The minimum absolute atomic E-state index is 0.741. The summed E-state index contributed by atoms with van der Waals surface area (Å²) in [5, 5.41) is 0.761. The van der Waals surface area contributed by atoms with Crippen LogP contribution in [0.1, 0.15) is 20.3 Å². The van der Waals surface area contributed by atoms with Crippen LogP contribution in [0.25, 0.3) is 0 Å². The molecule has 1 atom stereocenters. The third kappa shape index (κ3) is 2.27. The van der Waals surface area contributed by atoms with Gasteiger partial charge < -0.3 is 10.6 Å². The van der Waals surface area contributed by atoms with Crippen molar-refractivity contribution in [3.63, 3.8) is 0 Å². The Hall–Kier alpha value is -0.890. The number of rotatable bonds is 2. The molecule has 1 aromatic rings. The number of nitrogens with zero attached hydrogens (tertiary/aromatic N) is 1. The molecule has 1 fully saturated rings. The molecule has 2 N–H and O–H groups in total. The van der Waals surface area contributed by atoms with Crippen molar-refractivity contribution in [3.05, 3.63) is 23.2 Å². The number of anilines is 2. The van der Waals surface area contributed by atoms with Crippen LogP contribution in [0.4, 0.5) is 11.4 Å². The average molecular weight is 239 g/mol. The van der Waals surface area contributed by atoms with E-state index >= 15 is 0 Å². The molecule has 0 bridgehead atoms. The number of hydrogen-bond acceptors (Lipinski definition) is 2. The molecule has 0 spiro atoms. The average Bonchev–Trinajstić information content (AvgIpc) is 2.70. The third-order valence-electron chi connectivity index (χ3n) is 3.50. The molecule has 1 aliphatic rings. The first kappa shape index (κ1) is 11.6. The number of nitrogen functional groups attached to an aromatic ring is 1. The van der Waals surface area contributed by atoms with Crippen LogP contribution < -0.4 is 10.6 Å². The highest BCUT2D eigenvalue weighted by atomic mass is 35.5. The van der Waals surface area contributed by atoms with Gasteiger partial charge in [-0.1, -0.05) is 25.4 Å². The zero-order chi connectivity index (χ0) is 11.7. The van der Waals surface area contributed by atoms with Gasteiger partial charge in [-0.05, 0) is 36.5 Å². The lowest BCUT2D eigenvalue weighted by Crippen LogP contribution is -2.22. The van der Waals surface area contributed by atoms with E-state index in [1.54, 1.807) is 0 Å². The van der Waals surface area contributed by atoms with Gasteiger partial charge in [0.1, 0.15) is 0 Å². The smallest absolute Gasteiger partial charge is 0.0614 e. The van der Waals surface area contributed by atoms with Crippen LogP contribution in [0.2, 0.25) is 5.02 Å². The molecule has 2 rings (SSSR count). The van der Waals surface area contributed by atoms with Gasteiger partial charge in [0.05, 0.1) is 11.4 Å². The highest BCUT2D eigenvalue weighted by molar-refractivity contribution is 6.31. The maximum absolute atomic E-state index is 6.01. The first-order valence-corrected chi connectivity index (χ1v) is 6.25. The molecule has 0 aromatic heterocycles. The van der Waals surface area contributed by atoms with Gasteiger partial charge in [0.25, 0.3) is 0 Å². The summed E-state index contributed by atoms with van der Waals surface area (Å²) in [5.41, 5.74) is 7.91. The summed E-state index contributed by atoms with van der Waals surface area (Å²) in [7, 11) is 0. The molecule has 1 aliphatic heterocycles. The van der Waals surface area contributed by atoms with Crippen LogP contribution in [-0.4, -0.2) is 13.1 Å². The minimum atomic E-state index is 0.741. The van der Waals surface area contributed by atoms with Crippen molar-refractivity contribution in [2.75, 3.05) is 23.7 Å². The normalized spacial score (nSPS) is 20.8. The number of nitrogens with two attached hydrogens (primary N) is 1. The predicted molar refractivity (Wildman–Crippen MR) is 71.0 cm³/mol. The van der Waals surface area contributed by atoms with Gasteiger partial charge >= 0.3 is 0 Å². The van der Waals surface area contributed by atoms with E-state index in [2.05, 4.69) is 18.7 Å². The summed E-state index contributed by atoms with van der Waals surface area (Å²) in [6.45, 7) is 6.76. The first-order valence-electron chi connectivity index (χ1n) is 5.88. The van der Waals surface area contributed by atoms with E-state index in [0.29, 0.717) is 0 Å². The minimum Gasteiger partial charge on any atom is -0.397 e. The van der Waals surface area contributed by atoms with Crippen molar-refractivity contribution >= 4 is 23.0 Å². The Morgan fingerprint density at radius 1 is 1.44 bits per heavy atom. The lowest BCUT2D eigenvalue weighted by atomic mass is 9.95. The molecule has 1 unspecified atom stereocenters. The summed E-state index contributed by atoms with van der Waals surface area (Å²) >= 11 is 6.01. The molecule has 88 valence electrons. The van der Waals surface area contributed by atoms with Gasteiger partial charge in [-0.3, -0.25) is 0 Å². The second-order valence-corrected chi connectivity index (χ2v) is 5.38. The van der Waals surface area contributed by atoms with Crippen molar-refractivity contribution in [3.8, 4) is 0 Å². The molecule has 0 saturated carbocycles. The van der Waals surface area contributed by atoms with E-state index in [1.165, 1.54) is 6.42 Å². The second kappa shape index (κ2) is 4.54. The van der Waals surface area contributed by atoms with Crippen LogP contribution in [0.3, 0.4) is 0 Å². The molecule has 2 nitrogen and oxygen atoms in total. The maximum atomic E-state index is 6.01. The van der Waals surface area contributed by atoms with E-state index in [4.69, 9.17) is 17.3 Å². The van der Waals surface area contributed by atoms with Crippen molar-refractivity contribution in [2.24, 2.45) is 11.8 Å². The molecule has 16 heavy (non-hydrogen) atoms. The van der Waals surface area contributed by atoms with Crippen LogP contribution >= 0.6 is 11.6 Å². The van der Waals surface area contributed by atoms with Crippen molar-refractivity contribution in [2.45, 2.75) is 20.3 Å². The quantitative estimate of drug-likeness (QED) is 0.801. The molecule has 1 heterocycles. The Labute approximate surface area is 102 Å². The summed E-state index contributed by atoms with van der Waals surface area (Å²) < 4.78 is 0. The molecule has 1 saturated heterocycles. The fraction of sp³-hybridized carbons (Fsp3) is 0.538. The Kier molecular flexibility index (Phi) is 3.29. The second-order valence-electron chi connectivity index (χ2n) is 4.94. The number of halogens is 1. The Morgan fingerprint density at radius 3 is 2.81 bits per heavy atom. The van der Waals surface area contributed by atoms with Gasteiger partial charge in [0, 0.05) is 18.1 Å². The standard InChI is InChI=1S/C13H19ClN2/c1-9(2)10-5-6-16(8-10)13-7-11(14)3-4-12(13)15/h3-4,7,9-10H,5-6,8,15H2,1-2H3. The molecule has 0 aliphatic carbocycles. The predicted octanol–water partition coefficient (Wildman–Crippen LogP) is 3.40. The van der Waals surface area contributed by atoms with Crippen molar-refractivity contribution in [1.29, 1.82) is 0 Å². The van der Waals surface area contributed by atoms with Gasteiger partial charge in [-0.15, -0.1) is 0 Å².